The number of alkyl halides is 3. The maximum absolute atomic E-state index is 11.7. The van der Waals surface area contributed by atoms with Gasteiger partial charge in [0.05, 0.1) is 6.04 Å². The van der Waals surface area contributed by atoms with E-state index in [2.05, 4.69) is 4.74 Å². The number of hydrogen-bond acceptors (Lipinski definition) is 6. The summed E-state index contributed by atoms with van der Waals surface area (Å²) >= 11 is 0. The van der Waals surface area contributed by atoms with Gasteiger partial charge >= 0.3 is 18.1 Å². The van der Waals surface area contributed by atoms with Crippen LogP contribution in [0.2, 0.25) is 0 Å². The van der Waals surface area contributed by atoms with Crippen molar-refractivity contribution in [3.8, 4) is 0 Å². The van der Waals surface area contributed by atoms with Crippen LogP contribution in [-0.4, -0.2) is 52.4 Å². The van der Waals surface area contributed by atoms with Crippen molar-refractivity contribution in [1.29, 1.82) is 0 Å². The number of aliphatic carboxylic acids is 1. The molecule has 10 heteroatoms. The van der Waals surface area contributed by atoms with E-state index < -0.39 is 35.5 Å². The Morgan fingerprint density at radius 2 is 1.61 bits per heavy atom. The number of esters is 1. The van der Waals surface area contributed by atoms with Crippen LogP contribution >= 0.6 is 0 Å². The summed E-state index contributed by atoms with van der Waals surface area (Å²) in [6.07, 6.45) is -4.59. The number of rotatable bonds is 6. The van der Waals surface area contributed by atoms with Gasteiger partial charge in [0.15, 0.2) is 11.4 Å². The number of halogens is 3. The molecular weight excluding hydrogens is 323 g/mol. The van der Waals surface area contributed by atoms with Crippen molar-refractivity contribution in [3.63, 3.8) is 0 Å². The summed E-state index contributed by atoms with van der Waals surface area (Å²) in [5.41, 5.74) is 3.95. The van der Waals surface area contributed by atoms with Crippen molar-refractivity contribution >= 4 is 17.7 Å². The van der Waals surface area contributed by atoms with Crippen molar-refractivity contribution < 1.29 is 42.5 Å². The highest BCUT2D eigenvalue weighted by Crippen LogP contribution is 2.13. The van der Waals surface area contributed by atoms with Gasteiger partial charge in [0, 0.05) is 6.92 Å². The maximum Gasteiger partial charge on any atom is 0.490 e. The Morgan fingerprint density at radius 1 is 1.22 bits per heavy atom. The molecule has 2 atom stereocenters. The van der Waals surface area contributed by atoms with Crippen LogP contribution in [0.1, 0.15) is 34.1 Å². The Bertz CT molecular complexity index is 420. The van der Waals surface area contributed by atoms with Crippen LogP contribution in [0.15, 0.2) is 0 Å². The third-order valence-electron chi connectivity index (χ3n) is 2.39. The van der Waals surface area contributed by atoms with Gasteiger partial charge in [-0.3, -0.25) is 9.59 Å². The largest absolute Gasteiger partial charge is 0.490 e. The van der Waals surface area contributed by atoms with Crippen LogP contribution < -0.4 is 5.73 Å². The molecule has 0 aliphatic heterocycles. The van der Waals surface area contributed by atoms with E-state index in [4.69, 9.17) is 15.6 Å². The molecule has 0 saturated carbocycles. The molecule has 0 aromatic heterocycles. The highest BCUT2D eigenvalue weighted by atomic mass is 19.4. The molecule has 0 heterocycles. The molecule has 0 aliphatic carbocycles. The fourth-order valence-corrected chi connectivity index (χ4v) is 1.33. The second-order valence-corrected chi connectivity index (χ2v) is 5.46. The molecule has 7 nitrogen and oxygen atoms in total. The van der Waals surface area contributed by atoms with Crippen LogP contribution in [0.3, 0.4) is 0 Å². The number of hydrogen-bond donors (Lipinski definition) is 3. The fraction of sp³-hybridized carbons (Fsp3) is 0.769. The zero-order valence-corrected chi connectivity index (χ0v) is 13.3. The van der Waals surface area contributed by atoms with E-state index in [0.29, 0.717) is 6.42 Å². The molecule has 0 spiro atoms. The molecule has 0 aromatic rings. The van der Waals surface area contributed by atoms with Crippen LogP contribution in [-0.2, 0) is 19.1 Å². The van der Waals surface area contributed by atoms with Gasteiger partial charge in [-0.15, -0.1) is 0 Å². The molecule has 0 rings (SSSR count). The quantitative estimate of drug-likeness (QED) is 0.610. The summed E-state index contributed by atoms with van der Waals surface area (Å²) < 4.78 is 36.4. The Labute approximate surface area is 131 Å². The smallest absolute Gasteiger partial charge is 0.475 e. The zero-order valence-electron chi connectivity index (χ0n) is 13.3. The molecule has 0 fully saturated rings. The predicted octanol–water partition coefficient (Wildman–Crippen LogP) is 0.876. The molecule has 0 unspecified atom stereocenters. The fourth-order valence-electron chi connectivity index (χ4n) is 1.33. The van der Waals surface area contributed by atoms with Crippen LogP contribution in [0.25, 0.3) is 0 Å². The van der Waals surface area contributed by atoms with E-state index in [-0.39, 0.29) is 12.5 Å². The van der Waals surface area contributed by atoms with E-state index >= 15 is 0 Å². The van der Waals surface area contributed by atoms with E-state index in [0.717, 1.165) is 0 Å². The van der Waals surface area contributed by atoms with Gasteiger partial charge in [0.1, 0.15) is 6.61 Å². The van der Waals surface area contributed by atoms with Gasteiger partial charge in [-0.1, -0.05) is 13.8 Å². The number of ether oxygens (including phenoxy) is 1. The van der Waals surface area contributed by atoms with Crippen LogP contribution in [0.4, 0.5) is 13.2 Å². The average Bonchev–Trinajstić information content (AvgIpc) is 2.34. The Balaban J connectivity index is 0. The van der Waals surface area contributed by atoms with Gasteiger partial charge < -0.3 is 20.7 Å². The number of carbonyl (C=O) groups is 3. The molecule has 0 bridgehead atoms. The highest BCUT2D eigenvalue weighted by Gasteiger charge is 2.38. The Hall–Kier alpha value is -1.68. The number of aliphatic hydroxyl groups is 1. The Morgan fingerprint density at radius 3 is 1.87 bits per heavy atom. The summed E-state index contributed by atoms with van der Waals surface area (Å²) in [6.45, 7) is 6.04. The normalized spacial score (nSPS) is 15.0. The first kappa shape index (κ1) is 23.6. The van der Waals surface area contributed by atoms with Gasteiger partial charge in [0.2, 0.25) is 0 Å². The zero-order chi connectivity index (χ0) is 19.0. The lowest BCUT2D eigenvalue weighted by Gasteiger charge is -2.25. The summed E-state index contributed by atoms with van der Waals surface area (Å²) in [7, 11) is 0. The molecule has 136 valence electrons. The minimum Gasteiger partial charge on any atom is -0.475 e. The Kier molecular flexibility index (Phi) is 9.70. The number of ketones is 1. The van der Waals surface area contributed by atoms with Crippen LogP contribution in [0.5, 0.6) is 0 Å². The highest BCUT2D eigenvalue weighted by molar-refractivity contribution is 5.91. The lowest BCUT2D eigenvalue weighted by Crippen LogP contribution is -2.50. The topological polar surface area (TPSA) is 127 Å². The number of carbonyl (C=O) groups excluding carboxylic acids is 2. The maximum atomic E-state index is 11.7. The molecule has 23 heavy (non-hydrogen) atoms. The van der Waals surface area contributed by atoms with Gasteiger partial charge in [-0.25, -0.2) is 4.79 Å². The second-order valence-electron chi connectivity index (χ2n) is 5.46. The lowest BCUT2D eigenvalue weighted by atomic mass is 9.91. The number of Topliss-reactive ketones (excluding diaryl/α,β-unsaturated/α-hetero) is 1. The first-order valence-electron chi connectivity index (χ1n) is 6.57. The minimum absolute atomic E-state index is 0.267. The van der Waals surface area contributed by atoms with E-state index in [1.165, 1.54) is 13.8 Å². The van der Waals surface area contributed by atoms with E-state index in [1.54, 1.807) is 0 Å². The average molecular weight is 345 g/mol. The van der Waals surface area contributed by atoms with Gasteiger partial charge in [0.25, 0.3) is 0 Å². The monoisotopic (exact) mass is 345 g/mol. The number of nitrogens with two attached hydrogens (primary N) is 1. The van der Waals surface area contributed by atoms with Crippen molar-refractivity contribution in [2.24, 2.45) is 11.7 Å². The summed E-state index contributed by atoms with van der Waals surface area (Å²) in [4.78, 5) is 31.2. The third kappa shape index (κ3) is 11.5. The third-order valence-corrected chi connectivity index (χ3v) is 2.39. The van der Waals surface area contributed by atoms with Gasteiger partial charge in [-0.2, -0.15) is 13.2 Å². The SMILES string of the molecule is CC(=O)OC[C@@](C)(O)C(=O)[C@@H](N)CC(C)C.O=C(O)C(F)(F)F. The minimum atomic E-state index is -5.08. The van der Waals surface area contributed by atoms with E-state index in [9.17, 15) is 27.9 Å². The lowest BCUT2D eigenvalue weighted by molar-refractivity contribution is -0.192. The molecular formula is C13H22F3NO6. The van der Waals surface area contributed by atoms with Gasteiger partial charge in [-0.05, 0) is 19.3 Å². The molecule has 0 aliphatic rings. The predicted molar refractivity (Wildman–Crippen MR) is 73.4 cm³/mol. The summed E-state index contributed by atoms with van der Waals surface area (Å²) in [5, 5.41) is 16.9. The molecule has 0 radical (unpaired) electrons. The second kappa shape index (κ2) is 9.46. The van der Waals surface area contributed by atoms with Crippen molar-refractivity contribution in [2.75, 3.05) is 6.61 Å². The van der Waals surface area contributed by atoms with E-state index in [1.807, 2.05) is 13.8 Å². The molecule has 0 saturated heterocycles. The molecule has 0 aromatic carbocycles. The van der Waals surface area contributed by atoms with Crippen molar-refractivity contribution in [1.82, 2.24) is 0 Å². The molecule has 0 amide bonds. The first-order valence-corrected chi connectivity index (χ1v) is 6.57. The summed E-state index contributed by atoms with van der Waals surface area (Å²) in [5.74, 6) is -3.52. The van der Waals surface area contributed by atoms with Crippen LogP contribution in [0, 0.1) is 5.92 Å². The first-order chi connectivity index (χ1) is 10.1. The summed E-state index contributed by atoms with van der Waals surface area (Å²) in [6, 6.07) is -0.731. The van der Waals surface area contributed by atoms with Crippen molar-refractivity contribution in [3.05, 3.63) is 0 Å². The molecule has 4 N–H and O–H groups in total. The number of carboxylic acids is 1. The number of carboxylic acid groups (broad SMARTS) is 1. The standard InChI is InChI=1S/C11H21NO4.C2HF3O2/c1-7(2)5-9(12)10(14)11(4,15)6-16-8(3)13;3-2(4,5)1(6)7/h7,9,15H,5-6,12H2,1-4H3;(H,6,7)/t9-,11+;/m0./s1. The van der Waals surface area contributed by atoms with Crippen molar-refractivity contribution in [2.45, 2.75) is 51.9 Å².